The molecule has 0 N–H and O–H groups in total. The Morgan fingerprint density at radius 1 is 1.20 bits per heavy atom. The summed E-state index contributed by atoms with van der Waals surface area (Å²) in [4.78, 5) is 11.0. The SMILES string of the molecule is CC[C@H]1CC(=O)C[C@@H]1CC. The van der Waals surface area contributed by atoms with E-state index >= 15 is 0 Å². The van der Waals surface area contributed by atoms with Crippen molar-refractivity contribution in [2.24, 2.45) is 11.8 Å². The molecule has 0 unspecified atom stereocenters. The Morgan fingerprint density at radius 3 is 1.90 bits per heavy atom. The van der Waals surface area contributed by atoms with Crippen LogP contribution in [0.1, 0.15) is 39.5 Å². The third kappa shape index (κ3) is 1.39. The highest BCUT2D eigenvalue weighted by Gasteiger charge is 2.29. The fourth-order valence-electron chi connectivity index (χ4n) is 1.96. The number of rotatable bonds is 2. The summed E-state index contributed by atoms with van der Waals surface area (Å²) in [6.07, 6.45) is 4.08. The Kier molecular flexibility index (Phi) is 2.47. The summed E-state index contributed by atoms with van der Waals surface area (Å²) in [6, 6.07) is 0. The maximum absolute atomic E-state index is 11.0. The molecule has 0 aromatic heterocycles. The highest BCUT2D eigenvalue weighted by atomic mass is 16.1. The van der Waals surface area contributed by atoms with Gasteiger partial charge in [0.05, 0.1) is 0 Å². The highest BCUT2D eigenvalue weighted by molar-refractivity contribution is 5.81. The lowest BCUT2D eigenvalue weighted by Crippen LogP contribution is -2.04. The summed E-state index contributed by atoms with van der Waals surface area (Å²) in [5.74, 6) is 1.90. The normalized spacial score (nSPS) is 33.2. The predicted octanol–water partition coefficient (Wildman–Crippen LogP) is 2.40. The van der Waals surface area contributed by atoms with E-state index in [1.807, 2.05) is 0 Å². The Balaban J connectivity index is 2.48. The maximum atomic E-state index is 11.0. The maximum Gasteiger partial charge on any atom is 0.133 e. The van der Waals surface area contributed by atoms with Gasteiger partial charge < -0.3 is 0 Å². The molecule has 0 aromatic carbocycles. The number of hydrogen-bond donors (Lipinski definition) is 0. The van der Waals surface area contributed by atoms with Gasteiger partial charge >= 0.3 is 0 Å². The fourth-order valence-corrected chi connectivity index (χ4v) is 1.96. The first-order valence-electron chi connectivity index (χ1n) is 4.29. The quantitative estimate of drug-likeness (QED) is 0.575. The second kappa shape index (κ2) is 3.18. The monoisotopic (exact) mass is 140 g/mol. The average Bonchev–Trinajstić information content (AvgIpc) is 2.30. The van der Waals surface area contributed by atoms with Gasteiger partial charge in [0.15, 0.2) is 0 Å². The molecular weight excluding hydrogens is 124 g/mol. The molecule has 0 aliphatic heterocycles. The van der Waals surface area contributed by atoms with Crippen LogP contribution in [0.25, 0.3) is 0 Å². The van der Waals surface area contributed by atoms with Crippen molar-refractivity contribution in [1.29, 1.82) is 0 Å². The molecular formula is C9H16O. The Morgan fingerprint density at radius 2 is 1.60 bits per heavy atom. The standard InChI is InChI=1S/C9H16O/c1-3-7-5-9(10)6-8(7)4-2/h7-8H,3-6H2,1-2H3/t7-,8-/m0/s1. The molecule has 1 aliphatic rings. The first-order chi connectivity index (χ1) is 4.77. The largest absolute Gasteiger partial charge is 0.300 e. The third-order valence-electron chi connectivity index (χ3n) is 2.70. The minimum Gasteiger partial charge on any atom is -0.300 e. The molecule has 0 aromatic rings. The topological polar surface area (TPSA) is 17.1 Å². The van der Waals surface area contributed by atoms with Crippen molar-refractivity contribution in [2.45, 2.75) is 39.5 Å². The molecule has 0 bridgehead atoms. The summed E-state index contributed by atoms with van der Waals surface area (Å²) in [5, 5.41) is 0. The van der Waals surface area contributed by atoms with Crippen LogP contribution in [0.2, 0.25) is 0 Å². The smallest absolute Gasteiger partial charge is 0.133 e. The molecule has 0 heterocycles. The van der Waals surface area contributed by atoms with E-state index in [1.165, 1.54) is 12.8 Å². The van der Waals surface area contributed by atoms with Gasteiger partial charge in [-0.1, -0.05) is 26.7 Å². The summed E-state index contributed by atoms with van der Waals surface area (Å²) >= 11 is 0. The zero-order valence-electron chi connectivity index (χ0n) is 6.89. The van der Waals surface area contributed by atoms with E-state index in [0.29, 0.717) is 17.6 Å². The molecule has 0 amide bonds. The summed E-state index contributed by atoms with van der Waals surface area (Å²) in [6.45, 7) is 4.37. The van der Waals surface area contributed by atoms with Gasteiger partial charge in [0, 0.05) is 12.8 Å². The zero-order chi connectivity index (χ0) is 7.56. The molecule has 1 aliphatic carbocycles. The van der Waals surface area contributed by atoms with Crippen molar-refractivity contribution < 1.29 is 4.79 Å². The van der Waals surface area contributed by atoms with Crippen LogP contribution in [-0.4, -0.2) is 5.78 Å². The van der Waals surface area contributed by atoms with E-state index in [2.05, 4.69) is 13.8 Å². The second-order valence-electron chi connectivity index (χ2n) is 3.28. The fraction of sp³-hybridized carbons (Fsp3) is 0.889. The van der Waals surface area contributed by atoms with Crippen LogP contribution in [0.5, 0.6) is 0 Å². The number of Topliss-reactive ketones (excluding diaryl/α,β-unsaturated/α-hetero) is 1. The average molecular weight is 140 g/mol. The minimum atomic E-state index is 0.485. The molecule has 1 rings (SSSR count). The summed E-state index contributed by atoms with van der Waals surface area (Å²) in [7, 11) is 0. The van der Waals surface area contributed by atoms with Crippen LogP contribution < -0.4 is 0 Å². The molecule has 2 atom stereocenters. The molecule has 1 fully saturated rings. The van der Waals surface area contributed by atoms with Crippen molar-refractivity contribution in [3.63, 3.8) is 0 Å². The minimum absolute atomic E-state index is 0.485. The van der Waals surface area contributed by atoms with E-state index < -0.39 is 0 Å². The zero-order valence-corrected chi connectivity index (χ0v) is 6.89. The Hall–Kier alpha value is -0.330. The molecule has 0 saturated heterocycles. The molecule has 1 saturated carbocycles. The van der Waals surface area contributed by atoms with Crippen LogP contribution >= 0.6 is 0 Å². The molecule has 1 nitrogen and oxygen atoms in total. The lowest BCUT2D eigenvalue weighted by atomic mass is 9.92. The first-order valence-corrected chi connectivity index (χ1v) is 4.29. The van der Waals surface area contributed by atoms with Gasteiger partial charge in [-0.25, -0.2) is 0 Å². The van der Waals surface area contributed by atoms with Gasteiger partial charge in [-0.2, -0.15) is 0 Å². The summed E-state index contributed by atoms with van der Waals surface area (Å²) in [5.41, 5.74) is 0. The number of carbonyl (C=O) groups is 1. The van der Waals surface area contributed by atoms with Crippen molar-refractivity contribution >= 4 is 5.78 Å². The van der Waals surface area contributed by atoms with Crippen molar-refractivity contribution in [3.8, 4) is 0 Å². The summed E-state index contributed by atoms with van der Waals surface area (Å²) < 4.78 is 0. The van der Waals surface area contributed by atoms with Gasteiger partial charge in [-0.05, 0) is 11.8 Å². The van der Waals surface area contributed by atoms with E-state index in [0.717, 1.165) is 12.8 Å². The van der Waals surface area contributed by atoms with E-state index in [9.17, 15) is 4.79 Å². The molecule has 0 spiro atoms. The van der Waals surface area contributed by atoms with Crippen LogP contribution in [0.4, 0.5) is 0 Å². The molecule has 0 radical (unpaired) electrons. The lowest BCUT2D eigenvalue weighted by molar-refractivity contribution is -0.117. The van der Waals surface area contributed by atoms with Gasteiger partial charge in [-0.15, -0.1) is 0 Å². The van der Waals surface area contributed by atoms with Gasteiger partial charge in [0.1, 0.15) is 5.78 Å². The molecule has 1 heteroatoms. The van der Waals surface area contributed by atoms with Crippen LogP contribution in [0.3, 0.4) is 0 Å². The van der Waals surface area contributed by atoms with Crippen molar-refractivity contribution in [3.05, 3.63) is 0 Å². The Labute approximate surface area is 62.8 Å². The second-order valence-corrected chi connectivity index (χ2v) is 3.28. The van der Waals surface area contributed by atoms with Crippen molar-refractivity contribution in [1.82, 2.24) is 0 Å². The number of carbonyl (C=O) groups excluding carboxylic acids is 1. The van der Waals surface area contributed by atoms with Gasteiger partial charge in [-0.3, -0.25) is 4.79 Å². The van der Waals surface area contributed by atoms with E-state index in [1.54, 1.807) is 0 Å². The predicted molar refractivity (Wildman–Crippen MR) is 41.8 cm³/mol. The van der Waals surface area contributed by atoms with Crippen LogP contribution in [0, 0.1) is 11.8 Å². The van der Waals surface area contributed by atoms with E-state index in [-0.39, 0.29) is 0 Å². The number of ketones is 1. The third-order valence-corrected chi connectivity index (χ3v) is 2.70. The van der Waals surface area contributed by atoms with E-state index in [4.69, 9.17) is 0 Å². The highest BCUT2D eigenvalue weighted by Crippen LogP contribution is 2.33. The number of hydrogen-bond acceptors (Lipinski definition) is 1. The Bertz CT molecular complexity index is 115. The van der Waals surface area contributed by atoms with Gasteiger partial charge in [0.2, 0.25) is 0 Å². The lowest BCUT2D eigenvalue weighted by Gasteiger charge is -2.13. The van der Waals surface area contributed by atoms with Crippen molar-refractivity contribution in [2.75, 3.05) is 0 Å². The van der Waals surface area contributed by atoms with Crippen LogP contribution in [-0.2, 0) is 4.79 Å². The molecule has 10 heavy (non-hydrogen) atoms. The molecule has 58 valence electrons. The van der Waals surface area contributed by atoms with Gasteiger partial charge in [0.25, 0.3) is 0 Å². The first kappa shape index (κ1) is 7.77. The van der Waals surface area contributed by atoms with Crippen LogP contribution in [0.15, 0.2) is 0 Å².